The van der Waals surface area contributed by atoms with Gasteiger partial charge in [0.05, 0.1) is 31.4 Å². The summed E-state index contributed by atoms with van der Waals surface area (Å²) in [5.74, 6) is 0.741. The third kappa shape index (κ3) is 4.15. The molecule has 2 heterocycles. The molecule has 1 aliphatic carbocycles. The minimum atomic E-state index is -0.243. The SMILES string of the molecule is CCC(C)Oc1cccc(C(=O)N[C@H]2CO[C@H]3[C@@H]2OC[C@@H]3NC(=O)C2CC2)c1.[HH].[HH]. The zero-order valence-electron chi connectivity index (χ0n) is 16.4. The van der Waals surface area contributed by atoms with Gasteiger partial charge in [-0.2, -0.15) is 0 Å². The monoisotopic (exact) mass is 392 g/mol. The molecule has 3 aliphatic rings. The smallest absolute Gasteiger partial charge is 0.251 e. The zero-order chi connectivity index (χ0) is 19.7. The topological polar surface area (TPSA) is 85.9 Å². The second kappa shape index (κ2) is 8.09. The molecule has 1 saturated carbocycles. The first-order valence-electron chi connectivity index (χ1n) is 10.2. The molecule has 2 saturated heterocycles. The van der Waals surface area contributed by atoms with Crippen molar-refractivity contribution in [1.82, 2.24) is 10.6 Å². The van der Waals surface area contributed by atoms with Gasteiger partial charge < -0.3 is 24.8 Å². The van der Waals surface area contributed by atoms with Crippen molar-refractivity contribution >= 4 is 11.8 Å². The van der Waals surface area contributed by atoms with Gasteiger partial charge in [0.15, 0.2) is 0 Å². The summed E-state index contributed by atoms with van der Waals surface area (Å²) in [6.45, 7) is 4.84. The molecule has 1 unspecified atom stereocenters. The fraction of sp³-hybridized carbons (Fsp3) is 0.619. The maximum atomic E-state index is 12.7. The van der Waals surface area contributed by atoms with E-state index >= 15 is 0 Å². The molecule has 5 atom stereocenters. The van der Waals surface area contributed by atoms with Crippen molar-refractivity contribution in [3.8, 4) is 5.75 Å². The molecular weight excluding hydrogens is 360 g/mol. The van der Waals surface area contributed by atoms with E-state index in [2.05, 4.69) is 17.6 Å². The fourth-order valence-corrected chi connectivity index (χ4v) is 3.67. The molecule has 0 bridgehead atoms. The van der Waals surface area contributed by atoms with Crippen molar-refractivity contribution in [1.29, 1.82) is 0 Å². The predicted molar refractivity (Wildman–Crippen MR) is 106 cm³/mol. The van der Waals surface area contributed by atoms with Crippen LogP contribution in [0.5, 0.6) is 5.75 Å². The number of rotatable bonds is 7. The normalized spacial score (nSPS) is 29.8. The number of amides is 2. The highest BCUT2D eigenvalue weighted by molar-refractivity contribution is 5.94. The first kappa shape index (κ1) is 19.2. The molecule has 0 spiro atoms. The highest BCUT2D eigenvalue weighted by atomic mass is 16.6. The highest BCUT2D eigenvalue weighted by Gasteiger charge is 2.49. The molecule has 2 N–H and O–H groups in total. The van der Waals surface area contributed by atoms with Gasteiger partial charge in [-0.3, -0.25) is 9.59 Å². The van der Waals surface area contributed by atoms with Crippen LogP contribution in [0.3, 0.4) is 0 Å². The van der Waals surface area contributed by atoms with E-state index in [-0.39, 0.29) is 51.0 Å². The molecule has 7 heteroatoms. The van der Waals surface area contributed by atoms with E-state index in [1.54, 1.807) is 12.1 Å². The Balaban J connectivity index is 0.00000160. The van der Waals surface area contributed by atoms with E-state index in [0.717, 1.165) is 19.3 Å². The molecule has 1 aromatic carbocycles. The molecule has 3 fully saturated rings. The Morgan fingerprint density at radius 1 is 1.18 bits per heavy atom. The molecule has 156 valence electrons. The van der Waals surface area contributed by atoms with Gasteiger partial charge in [0, 0.05) is 14.3 Å². The van der Waals surface area contributed by atoms with Crippen LogP contribution in [-0.4, -0.2) is 55.4 Å². The van der Waals surface area contributed by atoms with Crippen LogP contribution < -0.4 is 15.4 Å². The summed E-state index contributed by atoms with van der Waals surface area (Å²) < 4.78 is 17.5. The van der Waals surface area contributed by atoms with Crippen molar-refractivity contribution in [3.63, 3.8) is 0 Å². The lowest BCUT2D eigenvalue weighted by molar-refractivity contribution is -0.123. The average Bonchev–Trinajstić information content (AvgIpc) is 3.37. The van der Waals surface area contributed by atoms with Gasteiger partial charge >= 0.3 is 0 Å². The van der Waals surface area contributed by atoms with Gasteiger partial charge in [0.25, 0.3) is 5.91 Å². The first-order chi connectivity index (χ1) is 13.5. The van der Waals surface area contributed by atoms with Crippen LogP contribution in [0.4, 0.5) is 0 Å². The molecule has 2 amide bonds. The number of hydrogen-bond donors (Lipinski definition) is 2. The third-order valence-electron chi connectivity index (χ3n) is 5.65. The van der Waals surface area contributed by atoms with Gasteiger partial charge in [-0.15, -0.1) is 0 Å². The standard InChI is InChI=1S/C21H28N2O5.2H2/c1-3-12(2)28-15-6-4-5-14(9-15)21(25)23-17-11-27-18-16(10-26-19(17)18)22-20(24)13-7-8-13;;/h4-6,9,12-13,16-19H,3,7-8,10-11H2,1-2H3,(H,22,24)(H,23,25);2*1H/t12?,16-,17-,18+,19+;;/m0../s1. The molecule has 0 radical (unpaired) electrons. The predicted octanol–water partition coefficient (Wildman–Crippen LogP) is 2.15. The number of nitrogens with one attached hydrogen (secondary N) is 2. The van der Waals surface area contributed by atoms with E-state index in [9.17, 15) is 9.59 Å². The fourth-order valence-electron chi connectivity index (χ4n) is 3.67. The van der Waals surface area contributed by atoms with E-state index in [4.69, 9.17) is 14.2 Å². The van der Waals surface area contributed by atoms with E-state index < -0.39 is 0 Å². The molecular formula is C21H32N2O5. The summed E-state index contributed by atoms with van der Waals surface area (Å²) in [6.07, 6.45) is 2.46. The Morgan fingerprint density at radius 3 is 2.50 bits per heavy atom. The summed E-state index contributed by atoms with van der Waals surface area (Å²) in [4.78, 5) is 24.7. The molecule has 4 rings (SSSR count). The summed E-state index contributed by atoms with van der Waals surface area (Å²) >= 11 is 0. The van der Waals surface area contributed by atoms with Crippen LogP contribution in [0.1, 0.15) is 46.3 Å². The molecule has 28 heavy (non-hydrogen) atoms. The van der Waals surface area contributed by atoms with E-state index in [1.165, 1.54) is 0 Å². The van der Waals surface area contributed by atoms with Gasteiger partial charge in [0.2, 0.25) is 5.91 Å². The summed E-state index contributed by atoms with van der Waals surface area (Å²) in [7, 11) is 0. The molecule has 2 aliphatic heterocycles. The largest absolute Gasteiger partial charge is 0.491 e. The van der Waals surface area contributed by atoms with Crippen molar-refractivity contribution in [2.24, 2.45) is 5.92 Å². The number of hydrogen-bond acceptors (Lipinski definition) is 5. The number of fused-ring (bicyclic) bond motifs is 1. The zero-order valence-corrected chi connectivity index (χ0v) is 16.4. The van der Waals surface area contributed by atoms with Crippen LogP contribution in [0.25, 0.3) is 0 Å². The summed E-state index contributed by atoms with van der Waals surface area (Å²) in [5, 5.41) is 6.04. The molecule has 0 aromatic heterocycles. The van der Waals surface area contributed by atoms with Crippen LogP contribution in [0, 0.1) is 5.92 Å². The Morgan fingerprint density at radius 2 is 1.86 bits per heavy atom. The quantitative estimate of drug-likeness (QED) is 0.743. The van der Waals surface area contributed by atoms with Crippen LogP contribution >= 0.6 is 0 Å². The van der Waals surface area contributed by atoms with Gasteiger partial charge in [-0.1, -0.05) is 13.0 Å². The van der Waals surface area contributed by atoms with Gasteiger partial charge in [-0.25, -0.2) is 0 Å². The average molecular weight is 392 g/mol. The van der Waals surface area contributed by atoms with Gasteiger partial charge in [0.1, 0.15) is 18.0 Å². The number of carbonyl (C=O) groups excluding carboxylic acids is 2. The maximum Gasteiger partial charge on any atom is 0.251 e. The number of ether oxygens (including phenoxy) is 3. The van der Waals surface area contributed by atoms with Crippen LogP contribution in [-0.2, 0) is 14.3 Å². The second-order valence-corrected chi connectivity index (χ2v) is 7.93. The Labute approximate surface area is 168 Å². The lowest BCUT2D eigenvalue weighted by atomic mass is 10.1. The van der Waals surface area contributed by atoms with Gasteiger partial charge in [-0.05, 0) is 44.4 Å². The second-order valence-electron chi connectivity index (χ2n) is 7.93. The first-order valence-corrected chi connectivity index (χ1v) is 10.2. The lowest BCUT2D eigenvalue weighted by Gasteiger charge is -2.19. The summed E-state index contributed by atoms with van der Waals surface area (Å²) in [6, 6.07) is 6.80. The summed E-state index contributed by atoms with van der Waals surface area (Å²) in [5.41, 5.74) is 0.542. The Bertz CT molecular complexity index is 746. The number of benzene rings is 1. The van der Waals surface area contributed by atoms with Crippen LogP contribution in [0.15, 0.2) is 24.3 Å². The van der Waals surface area contributed by atoms with Crippen LogP contribution in [0.2, 0.25) is 0 Å². The molecule has 1 aromatic rings. The number of carbonyl (C=O) groups is 2. The van der Waals surface area contributed by atoms with E-state index in [0.29, 0.717) is 24.5 Å². The lowest BCUT2D eigenvalue weighted by Crippen LogP contribution is -2.47. The van der Waals surface area contributed by atoms with Crippen molar-refractivity contribution in [2.45, 2.75) is 63.5 Å². The maximum absolute atomic E-state index is 12.7. The van der Waals surface area contributed by atoms with Crippen molar-refractivity contribution in [2.75, 3.05) is 13.2 Å². The third-order valence-corrected chi connectivity index (χ3v) is 5.65. The van der Waals surface area contributed by atoms with Crippen molar-refractivity contribution in [3.05, 3.63) is 29.8 Å². The highest BCUT2D eigenvalue weighted by Crippen LogP contribution is 2.31. The Kier molecular flexibility index (Phi) is 5.55. The minimum Gasteiger partial charge on any atom is -0.491 e. The molecule has 7 nitrogen and oxygen atoms in total. The Hall–Kier alpha value is -2.12. The van der Waals surface area contributed by atoms with Crippen molar-refractivity contribution < 1.29 is 26.7 Å². The minimum absolute atomic E-state index is 0. The van der Waals surface area contributed by atoms with E-state index in [1.807, 2.05) is 19.1 Å².